The average Bonchev–Trinajstić information content (AvgIpc) is 3.19. The second kappa shape index (κ2) is 6.76. The Morgan fingerprint density at radius 1 is 1.38 bits per heavy atom. The van der Waals surface area contributed by atoms with E-state index in [9.17, 15) is 0 Å². The summed E-state index contributed by atoms with van der Waals surface area (Å²) in [5, 5.41) is 7.59. The fourth-order valence-corrected chi connectivity index (χ4v) is 3.08. The molecule has 0 aromatic carbocycles. The minimum Gasteiger partial charge on any atom is -0.339 e. The van der Waals surface area contributed by atoms with Crippen molar-refractivity contribution in [2.75, 3.05) is 6.54 Å². The van der Waals surface area contributed by atoms with Gasteiger partial charge in [0.1, 0.15) is 12.0 Å². The largest absolute Gasteiger partial charge is 0.339 e. The molecule has 0 aliphatic heterocycles. The molecule has 1 aliphatic rings. The molecule has 2 aromatic rings. The normalized spacial score (nSPS) is 17.2. The highest BCUT2D eigenvalue weighted by molar-refractivity contribution is 5.46. The molecule has 1 unspecified atom stereocenters. The third-order valence-corrected chi connectivity index (χ3v) is 4.11. The Bertz CT molecular complexity index is 550. The van der Waals surface area contributed by atoms with E-state index in [1.54, 1.807) is 12.3 Å². The Morgan fingerprint density at radius 2 is 2.24 bits per heavy atom. The Kier molecular flexibility index (Phi) is 4.55. The zero-order valence-electron chi connectivity index (χ0n) is 12.3. The first-order valence-corrected chi connectivity index (χ1v) is 7.69. The lowest BCUT2D eigenvalue weighted by Crippen LogP contribution is -2.37. The maximum absolute atomic E-state index is 5.39. The molecule has 1 aliphatic carbocycles. The number of aromatic nitrogens is 4. The Morgan fingerprint density at radius 3 is 2.95 bits per heavy atom. The summed E-state index contributed by atoms with van der Waals surface area (Å²) in [5.41, 5.74) is 0.695. The second-order valence-electron chi connectivity index (χ2n) is 5.52. The first-order valence-electron chi connectivity index (χ1n) is 7.69. The van der Waals surface area contributed by atoms with Gasteiger partial charge in [-0.1, -0.05) is 24.9 Å². The van der Waals surface area contributed by atoms with Gasteiger partial charge in [-0.2, -0.15) is 4.98 Å². The van der Waals surface area contributed by atoms with E-state index in [0.717, 1.165) is 18.9 Å². The van der Waals surface area contributed by atoms with E-state index >= 15 is 0 Å². The van der Waals surface area contributed by atoms with Crippen LogP contribution in [0.5, 0.6) is 0 Å². The van der Waals surface area contributed by atoms with Crippen LogP contribution in [0.3, 0.4) is 0 Å². The van der Waals surface area contributed by atoms with E-state index in [2.05, 4.69) is 32.3 Å². The van der Waals surface area contributed by atoms with Crippen LogP contribution in [0.2, 0.25) is 0 Å². The van der Waals surface area contributed by atoms with Gasteiger partial charge in [-0.25, -0.2) is 9.97 Å². The quantitative estimate of drug-likeness (QED) is 0.878. The van der Waals surface area contributed by atoms with Gasteiger partial charge in [0.15, 0.2) is 0 Å². The molecule has 0 saturated heterocycles. The van der Waals surface area contributed by atoms with Gasteiger partial charge in [0, 0.05) is 18.7 Å². The number of nitrogens with one attached hydrogen (secondary N) is 1. The van der Waals surface area contributed by atoms with Crippen LogP contribution in [-0.2, 0) is 6.42 Å². The summed E-state index contributed by atoms with van der Waals surface area (Å²) in [7, 11) is 0. The van der Waals surface area contributed by atoms with Crippen molar-refractivity contribution in [1.82, 2.24) is 25.4 Å². The van der Waals surface area contributed by atoms with Gasteiger partial charge in [-0.15, -0.1) is 0 Å². The summed E-state index contributed by atoms with van der Waals surface area (Å²) in [6.07, 6.45) is 9.22. The molecule has 2 aromatic heterocycles. The lowest BCUT2D eigenvalue weighted by molar-refractivity contribution is 0.311. The number of hydrogen-bond donors (Lipinski definition) is 1. The molecular formula is C15H21N5O. The van der Waals surface area contributed by atoms with Crippen LogP contribution in [-0.4, -0.2) is 32.7 Å². The van der Waals surface area contributed by atoms with Crippen molar-refractivity contribution in [2.45, 2.75) is 45.1 Å². The molecule has 1 saturated carbocycles. The molecule has 0 amide bonds. The molecule has 2 heterocycles. The summed E-state index contributed by atoms with van der Waals surface area (Å²) < 4.78 is 5.39. The molecule has 21 heavy (non-hydrogen) atoms. The van der Waals surface area contributed by atoms with Crippen molar-refractivity contribution >= 4 is 0 Å². The highest BCUT2D eigenvalue weighted by atomic mass is 16.5. The van der Waals surface area contributed by atoms with Crippen molar-refractivity contribution in [1.29, 1.82) is 0 Å². The zero-order valence-corrected chi connectivity index (χ0v) is 12.3. The van der Waals surface area contributed by atoms with Crippen molar-refractivity contribution in [3.05, 3.63) is 24.5 Å². The van der Waals surface area contributed by atoms with Gasteiger partial charge >= 0.3 is 0 Å². The van der Waals surface area contributed by atoms with Gasteiger partial charge in [-0.05, 0) is 31.4 Å². The SMILES string of the molecule is CCNC(Cc1nc(-c2ccncn2)no1)C1CCCC1. The van der Waals surface area contributed by atoms with Gasteiger partial charge in [-0.3, -0.25) is 0 Å². The van der Waals surface area contributed by atoms with Crippen LogP contribution in [0.15, 0.2) is 23.1 Å². The summed E-state index contributed by atoms with van der Waals surface area (Å²) in [6.45, 7) is 3.11. The van der Waals surface area contributed by atoms with Gasteiger partial charge in [0.25, 0.3) is 0 Å². The first kappa shape index (κ1) is 14.1. The van der Waals surface area contributed by atoms with Crippen molar-refractivity contribution in [2.24, 2.45) is 5.92 Å². The van der Waals surface area contributed by atoms with E-state index in [4.69, 9.17) is 4.52 Å². The molecule has 0 bridgehead atoms. The van der Waals surface area contributed by atoms with Gasteiger partial charge < -0.3 is 9.84 Å². The van der Waals surface area contributed by atoms with Crippen molar-refractivity contribution in [3.63, 3.8) is 0 Å². The molecule has 1 N–H and O–H groups in total. The first-order chi connectivity index (χ1) is 10.4. The van der Waals surface area contributed by atoms with Crippen molar-refractivity contribution < 1.29 is 4.52 Å². The predicted octanol–water partition coefficient (Wildman–Crippen LogP) is 2.24. The number of nitrogens with zero attached hydrogens (tertiary/aromatic N) is 4. The maximum Gasteiger partial charge on any atom is 0.228 e. The fraction of sp³-hybridized carbons (Fsp3) is 0.600. The molecular weight excluding hydrogens is 266 g/mol. The summed E-state index contributed by atoms with van der Waals surface area (Å²) in [5.74, 6) is 1.94. The summed E-state index contributed by atoms with van der Waals surface area (Å²) in [4.78, 5) is 12.5. The summed E-state index contributed by atoms with van der Waals surface area (Å²) in [6, 6.07) is 2.21. The third kappa shape index (κ3) is 3.44. The highest BCUT2D eigenvalue weighted by Crippen LogP contribution is 2.29. The standard InChI is InChI=1S/C15H21N5O/c1-2-17-13(11-5-3-4-6-11)9-14-19-15(20-21-14)12-7-8-16-10-18-12/h7-8,10-11,13,17H,2-6,9H2,1H3. The van der Waals surface area contributed by atoms with E-state index in [0.29, 0.717) is 23.5 Å². The summed E-state index contributed by atoms with van der Waals surface area (Å²) >= 11 is 0. The Balaban J connectivity index is 1.70. The maximum atomic E-state index is 5.39. The molecule has 1 atom stereocenters. The predicted molar refractivity (Wildman–Crippen MR) is 78.5 cm³/mol. The fourth-order valence-electron chi connectivity index (χ4n) is 3.08. The Hall–Kier alpha value is -1.82. The van der Waals surface area contributed by atoms with Crippen LogP contribution in [0.1, 0.15) is 38.5 Å². The zero-order chi connectivity index (χ0) is 14.5. The minimum atomic E-state index is 0.427. The molecule has 6 nitrogen and oxygen atoms in total. The minimum absolute atomic E-state index is 0.427. The number of hydrogen-bond acceptors (Lipinski definition) is 6. The van der Waals surface area contributed by atoms with E-state index in [1.807, 2.05) is 0 Å². The van der Waals surface area contributed by atoms with Crippen molar-refractivity contribution in [3.8, 4) is 11.5 Å². The average molecular weight is 287 g/mol. The van der Waals surface area contributed by atoms with Gasteiger partial charge in [0.2, 0.25) is 11.7 Å². The molecule has 0 spiro atoms. The number of rotatable bonds is 6. The Labute approximate surface area is 124 Å². The molecule has 0 radical (unpaired) electrons. The molecule has 112 valence electrons. The lowest BCUT2D eigenvalue weighted by atomic mass is 9.95. The van der Waals surface area contributed by atoms with Crippen LogP contribution >= 0.6 is 0 Å². The van der Waals surface area contributed by atoms with E-state index in [1.165, 1.54) is 32.0 Å². The second-order valence-corrected chi connectivity index (χ2v) is 5.52. The van der Waals surface area contributed by atoms with E-state index < -0.39 is 0 Å². The van der Waals surface area contributed by atoms with E-state index in [-0.39, 0.29) is 0 Å². The van der Waals surface area contributed by atoms with Crippen LogP contribution in [0, 0.1) is 5.92 Å². The number of likely N-dealkylation sites (N-methyl/N-ethyl adjacent to an activating group) is 1. The molecule has 6 heteroatoms. The smallest absolute Gasteiger partial charge is 0.228 e. The van der Waals surface area contributed by atoms with Gasteiger partial charge in [0.05, 0.1) is 0 Å². The highest BCUT2D eigenvalue weighted by Gasteiger charge is 2.26. The van der Waals surface area contributed by atoms with Crippen LogP contribution in [0.25, 0.3) is 11.5 Å². The lowest BCUT2D eigenvalue weighted by Gasteiger charge is -2.22. The topological polar surface area (TPSA) is 76.7 Å². The monoisotopic (exact) mass is 287 g/mol. The molecule has 3 rings (SSSR count). The van der Waals surface area contributed by atoms with Crippen LogP contribution < -0.4 is 5.32 Å². The molecule has 1 fully saturated rings. The van der Waals surface area contributed by atoms with Crippen LogP contribution in [0.4, 0.5) is 0 Å². The third-order valence-electron chi connectivity index (χ3n) is 4.11.